The predicted molar refractivity (Wildman–Crippen MR) is 75.2 cm³/mol. The zero-order chi connectivity index (χ0) is 12.2. The molecule has 3 rings (SSSR count). The number of hydrogen-bond donors (Lipinski definition) is 0. The molecule has 0 unspecified atom stereocenters. The molecular formula is C14H17NOSi. The molecular weight excluding hydrogens is 226 g/mol. The molecule has 0 fully saturated rings. The van der Waals surface area contributed by atoms with Gasteiger partial charge < -0.3 is 8.65 Å². The third kappa shape index (κ3) is 1.46. The average molecular weight is 243 g/mol. The summed E-state index contributed by atoms with van der Waals surface area (Å²) in [5.74, 6) is 0. The maximum absolute atomic E-state index is 5.65. The van der Waals surface area contributed by atoms with Gasteiger partial charge in [-0.25, -0.2) is 0 Å². The smallest absolute Gasteiger partial charge is 0.158 e. The van der Waals surface area contributed by atoms with Crippen LogP contribution in [0.25, 0.3) is 22.0 Å². The van der Waals surface area contributed by atoms with Crippen LogP contribution in [0.1, 0.15) is 5.56 Å². The Morgan fingerprint density at radius 1 is 1.06 bits per heavy atom. The molecule has 0 aliphatic carbocycles. The van der Waals surface area contributed by atoms with Gasteiger partial charge in [-0.05, 0) is 24.6 Å². The fourth-order valence-electron chi connectivity index (χ4n) is 2.55. The van der Waals surface area contributed by atoms with E-state index in [-0.39, 0.29) is 0 Å². The standard InChI is InChI=1S/C14H17NOSi/c1-10-5-6-11-13(9-10)15(17(2,3)4)12-7-8-16-14(11)12/h5-9H,1-4H3. The molecule has 0 bridgehead atoms. The molecule has 3 heteroatoms. The highest BCUT2D eigenvalue weighted by atomic mass is 28.3. The third-order valence-electron chi connectivity index (χ3n) is 3.19. The molecule has 1 aromatic carbocycles. The zero-order valence-corrected chi connectivity index (χ0v) is 11.7. The molecule has 0 aliphatic rings. The summed E-state index contributed by atoms with van der Waals surface area (Å²) in [7, 11) is -1.44. The normalized spacial score (nSPS) is 12.7. The Bertz CT molecular complexity index is 700. The number of benzene rings is 1. The van der Waals surface area contributed by atoms with Gasteiger partial charge >= 0.3 is 0 Å². The zero-order valence-electron chi connectivity index (χ0n) is 10.7. The quantitative estimate of drug-likeness (QED) is 0.580. The number of hydrogen-bond acceptors (Lipinski definition) is 1. The molecule has 0 amide bonds. The van der Waals surface area contributed by atoms with Crippen LogP contribution in [0, 0.1) is 6.92 Å². The SMILES string of the molecule is Cc1ccc2c3occc3n([Si](C)(C)C)c2c1. The van der Waals surface area contributed by atoms with E-state index in [1.54, 1.807) is 6.26 Å². The van der Waals surface area contributed by atoms with E-state index in [1.807, 2.05) is 0 Å². The number of furan rings is 1. The van der Waals surface area contributed by atoms with Crippen molar-refractivity contribution in [1.82, 2.24) is 4.23 Å². The van der Waals surface area contributed by atoms with Crippen molar-refractivity contribution in [3.63, 3.8) is 0 Å². The number of rotatable bonds is 1. The van der Waals surface area contributed by atoms with E-state index in [9.17, 15) is 0 Å². The second-order valence-corrected chi connectivity index (χ2v) is 10.5. The van der Waals surface area contributed by atoms with Gasteiger partial charge in [0.05, 0.1) is 11.8 Å². The van der Waals surface area contributed by atoms with Crippen LogP contribution < -0.4 is 0 Å². The van der Waals surface area contributed by atoms with Gasteiger partial charge in [0, 0.05) is 17.0 Å². The molecule has 0 saturated heterocycles. The molecule has 0 spiro atoms. The van der Waals surface area contributed by atoms with Crippen LogP contribution in [0.4, 0.5) is 0 Å². The summed E-state index contributed by atoms with van der Waals surface area (Å²) in [6.45, 7) is 9.23. The molecule has 2 heterocycles. The molecule has 2 aromatic heterocycles. The van der Waals surface area contributed by atoms with Crippen molar-refractivity contribution in [3.05, 3.63) is 36.1 Å². The summed E-state index contributed by atoms with van der Waals surface area (Å²) < 4.78 is 8.14. The van der Waals surface area contributed by atoms with Gasteiger partial charge in [-0.3, -0.25) is 0 Å². The highest BCUT2D eigenvalue weighted by Gasteiger charge is 2.23. The topological polar surface area (TPSA) is 18.1 Å². The van der Waals surface area contributed by atoms with Crippen LogP contribution in [-0.4, -0.2) is 12.5 Å². The Hall–Kier alpha value is -1.48. The summed E-state index contributed by atoms with van der Waals surface area (Å²) in [5.41, 5.74) is 4.89. The van der Waals surface area contributed by atoms with Crippen LogP contribution in [0.2, 0.25) is 19.6 Å². The lowest BCUT2D eigenvalue weighted by atomic mass is 10.2. The van der Waals surface area contributed by atoms with Gasteiger partial charge in [-0.2, -0.15) is 0 Å². The van der Waals surface area contributed by atoms with Gasteiger partial charge in [-0.1, -0.05) is 25.7 Å². The highest BCUT2D eigenvalue weighted by molar-refractivity contribution is 6.76. The largest absolute Gasteiger partial charge is 0.462 e. The first kappa shape index (κ1) is 10.7. The maximum atomic E-state index is 5.65. The molecule has 0 atom stereocenters. The monoisotopic (exact) mass is 243 g/mol. The fraction of sp³-hybridized carbons (Fsp3) is 0.286. The molecule has 2 nitrogen and oxygen atoms in total. The first-order valence-electron chi connectivity index (χ1n) is 5.97. The Morgan fingerprint density at radius 2 is 1.82 bits per heavy atom. The Kier molecular flexibility index (Phi) is 2.04. The van der Waals surface area contributed by atoms with Crippen LogP contribution >= 0.6 is 0 Å². The van der Waals surface area contributed by atoms with Gasteiger partial charge in [0.1, 0.15) is 0 Å². The minimum Gasteiger partial charge on any atom is -0.462 e. The molecule has 0 radical (unpaired) electrons. The molecule has 17 heavy (non-hydrogen) atoms. The van der Waals surface area contributed by atoms with Crippen LogP contribution in [0.3, 0.4) is 0 Å². The Morgan fingerprint density at radius 3 is 2.53 bits per heavy atom. The molecule has 0 aliphatic heterocycles. The van der Waals surface area contributed by atoms with E-state index < -0.39 is 8.24 Å². The molecule has 3 aromatic rings. The van der Waals surface area contributed by atoms with E-state index in [4.69, 9.17) is 4.42 Å². The fourth-order valence-corrected chi connectivity index (χ4v) is 4.36. The van der Waals surface area contributed by atoms with Crippen LogP contribution in [0.5, 0.6) is 0 Å². The van der Waals surface area contributed by atoms with Gasteiger partial charge in [-0.15, -0.1) is 0 Å². The Balaban J connectivity index is 2.56. The number of nitrogens with zero attached hydrogens (tertiary/aromatic N) is 1. The first-order chi connectivity index (χ1) is 7.98. The molecule has 0 N–H and O–H groups in total. The minimum atomic E-state index is -1.44. The van der Waals surface area contributed by atoms with Gasteiger partial charge in [0.2, 0.25) is 0 Å². The van der Waals surface area contributed by atoms with Crippen molar-refractivity contribution in [2.24, 2.45) is 0 Å². The summed E-state index contributed by atoms with van der Waals surface area (Å²) in [6.07, 6.45) is 1.79. The van der Waals surface area contributed by atoms with Crippen molar-refractivity contribution >= 4 is 30.2 Å². The van der Waals surface area contributed by atoms with Crippen molar-refractivity contribution in [1.29, 1.82) is 0 Å². The summed E-state index contributed by atoms with van der Waals surface area (Å²) >= 11 is 0. The average Bonchev–Trinajstić information content (AvgIpc) is 2.73. The van der Waals surface area contributed by atoms with Crippen LogP contribution in [-0.2, 0) is 0 Å². The summed E-state index contributed by atoms with van der Waals surface area (Å²) in [5, 5.41) is 1.23. The number of aromatic nitrogens is 1. The summed E-state index contributed by atoms with van der Waals surface area (Å²) in [6, 6.07) is 8.68. The van der Waals surface area contributed by atoms with Crippen molar-refractivity contribution in [2.45, 2.75) is 26.6 Å². The Labute approximate surface area is 102 Å². The lowest BCUT2D eigenvalue weighted by Gasteiger charge is -2.21. The lowest BCUT2D eigenvalue weighted by molar-refractivity contribution is 0.619. The summed E-state index contributed by atoms with van der Waals surface area (Å²) in [4.78, 5) is 0. The predicted octanol–water partition coefficient (Wildman–Crippen LogP) is 4.38. The number of fused-ring (bicyclic) bond motifs is 3. The first-order valence-corrected chi connectivity index (χ1v) is 9.42. The van der Waals surface area contributed by atoms with E-state index in [1.165, 1.54) is 22.0 Å². The van der Waals surface area contributed by atoms with E-state index in [2.05, 4.69) is 55.1 Å². The van der Waals surface area contributed by atoms with Crippen molar-refractivity contribution < 1.29 is 4.42 Å². The van der Waals surface area contributed by atoms with Crippen LogP contribution in [0.15, 0.2) is 34.9 Å². The van der Waals surface area contributed by atoms with Crippen molar-refractivity contribution in [3.8, 4) is 0 Å². The van der Waals surface area contributed by atoms with Crippen molar-refractivity contribution in [2.75, 3.05) is 0 Å². The third-order valence-corrected chi connectivity index (χ3v) is 5.02. The van der Waals surface area contributed by atoms with Gasteiger partial charge in [0.15, 0.2) is 13.8 Å². The molecule has 0 saturated carbocycles. The lowest BCUT2D eigenvalue weighted by Crippen LogP contribution is -2.31. The van der Waals surface area contributed by atoms with E-state index in [0.717, 1.165) is 5.58 Å². The molecule has 88 valence electrons. The van der Waals surface area contributed by atoms with Gasteiger partial charge in [0.25, 0.3) is 0 Å². The second kappa shape index (κ2) is 3.26. The minimum absolute atomic E-state index is 1.03. The highest BCUT2D eigenvalue weighted by Crippen LogP contribution is 2.32. The number of aryl methyl sites for hydroxylation is 1. The maximum Gasteiger partial charge on any atom is 0.158 e. The van der Waals surface area contributed by atoms with E-state index in [0.29, 0.717) is 0 Å². The van der Waals surface area contributed by atoms with E-state index >= 15 is 0 Å². The second-order valence-electron chi connectivity index (χ2n) is 5.66.